The lowest BCUT2D eigenvalue weighted by atomic mass is 10.2. The maximum atomic E-state index is 13.1. The van der Waals surface area contributed by atoms with E-state index in [1.54, 1.807) is 6.07 Å². The molecule has 0 aromatic heterocycles. The Kier molecular flexibility index (Phi) is 4.00. The predicted molar refractivity (Wildman–Crippen MR) is 56.4 cm³/mol. The van der Waals surface area contributed by atoms with Gasteiger partial charge in [-0.05, 0) is 18.1 Å². The number of carbonyl (C=O) groups is 1. The lowest BCUT2D eigenvalue weighted by Crippen LogP contribution is -2.19. The molecule has 6 heteroatoms. The summed E-state index contributed by atoms with van der Waals surface area (Å²) in [5, 5.41) is 8.35. The molecular formula is C10H11FO4S. The summed E-state index contributed by atoms with van der Waals surface area (Å²) in [7, 11) is -3.66. The van der Waals surface area contributed by atoms with Crippen LogP contribution in [0.2, 0.25) is 0 Å². The van der Waals surface area contributed by atoms with Gasteiger partial charge in [-0.2, -0.15) is 0 Å². The van der Waals surface area contributed by atoms with Crippen LogP contribution in [0.1, 0.15) is 5.56 Å². The number of hydrogen-bond acceptors (Lipinski definition) is 3. The largest absolute Gasteiger partial charge is 0.480 e. The first kappa shape index (κ1) is 12.6. The molecule has 4 nitrogen and oxygen atoms in total. The molecule has 1 aromatic carbocycles. The molecule has 0 saturated heterocycles. The zero-order valence-corrected chi connectivity index (χ0v) is 9.21. The Balaban J connectivity index is 2.65. The van der Waals surface area contributed by atoms with Crippen molar-refractivity contribution in [2.45, 2.75) is 6.42 Å². The minimum atomic E-state index is -3.66. The second kappa shape index (κ2) is 5.07. The predicted octanol–water partition coefficient (Wildman–Crippen LogP) is 0.868. The molecular weight excluding hydrogens is 235 g/mol. The summed E-state index contributed by atoms with van der Waals surface area (Å²) in [5.74, 6) is -3.15. The minimum absolute atomic E-state index is 0.0116. The summed E-state index contributed by atoms with van der Waals surface area (Å²) >= 11 is 0. The molecule has 0 heterocycles. The number of aliphatic carboxylic acids is 1. The number of benzene rings is 1. The van der Waals surface area contributed by atoms with Crippen LogP contribution in [0.15, 0.2) is 24.3 Å². The quantitative estimate of drug-likeness (QED) is 0.836. The van der Waals surface area contributed by atoms with Crippen molar-refractivity contribution in [2.75, 3.05) is 11.5 Å². The van der Waals surface area contributed by atoms with E-state index in [1.165, 1.54) is 18.2 Å². The highest BCUT2D eigenvalue weighted by Gasteiger charge is 2.16. The fraction of sp³-hybridized carbons (Fsp3) is 0.300. The summed E-state index contributed by atoms with van der Waals surface area (Å²) in [5.41, 5.74) is 0.275. The van der Waals surface area contributed by atoms with Gasteiger partial charge in [-0.1, -0.05) is 18.2 Å². The Hall–Kier alpha value is -1.43. The summed E-state index contributed by atoms with van der Waals surface area (Å²) in [6, 6.07) is 5.82. The molecule has 0 aliphatic rings. The molecule has 0 radical (unpaired) electrons. The fourth-order valence-electron chi connectivity index (χ4n) is 1.23. The van der Waals surface area contributed by atoms with Gasteiger partial charge in [0.2, 0.25) is 0 Å². The van der Waals surface area contributed by atoms with Gasteiger partial charge in [-0.3, -0.25) is 4.79 Å². The van der Waals surface area contributed by atoms with Crippen molar-refractivity contribution >= 4 is 15.8 Å². The van der Waals surface area contributed by atoms with Gasteiger partial charge in [0, 0.05) is 0 Å². The van der Waals surface area contributed by atoms with Gasteiger partial charge in [-0.15, -0.1) is 0 Å². The summed E-state index contributed by atoms with van der Waals surface area (Å²) in [6.45, 7) is 0. The SMILES string of the molecule is O=C(O)CS(=O)(=O)CCc1ccccc1F. The molecule has 0 atom stereocenters. The number of carboxylic acid groups (broad SMARTS) is 1. The lowest BCUT2D eigenvalue weighted by molar-refractivity contribution is -0.134. The van der Waals surface area contributed by atoms with Crippen LogP contribution in [0.5, 0.6) is 0 Å². The standard InChI is InChI=1S/C10H11FO4S/c11-9-4-2-1-3-8(9)5-6-16(14,15)7-10(12)13/h1-4H,5-7H2,(H,12,13). The number of halogens is 1. The van der Waals surface area contributed by atoms with E-state index in [0.29, 0.717) is 0 Å². The van der Waals surface area contributed by atoms with E-state index in [0.717, 1.165) is 0 Å². The van der Waals surface area contributed by atoms with Crippen molar-refractivity contribution in [2.24, 2.45) is 0 Å². The van der Waals surface area contributed by atoms with E-state index in [2.05, 4.69) is 0 Å². The molecule has 16 heavy (non-hydrogen) atoms. The molecule has 0 saturated carbocycles. The summed E-state index contributed by atoms with van der Waals surface area (Å²) in [6.07, 6.45) is -0.0116. The Labute approximate surface area is 92.6 Å². The molecule has 1 rings (SSSR count). The average molecular weight is 246 g/mol. The summed E-state index contributed by atoms with van der Waals surface area (Å²) in [4.78, 5) is 10.2. The number of rotatable bonds is 5. The van der Waals surface area contributed by atoms with Crippen LogP contribution in [0, 0.1) is 5.82 Å². The van der Waals surface area contributed by atoms with Crippen molar-refractivity contribution in [3.8, 4) is 0 Å². The summed E-state index contributed by atoms with van der Waals surface area (Å²) < 4.78 is 35.6. The van der Waals surface area contributed by atoms with Gasteiger partial charge in [-0.25, -0.2) is 12.8 Å². The average Bonchev–Trinajstić information content (AvgIpc) is 2.14. The Morgan fingerprint density at radius 3 is 2.50 bits per heavy atom. The van der Waals surface area contributed by atoms with E-state index in [1.807, 2.05) is 0 Å². The van der Waals surface area contributed by atoms with E-state index < -0.39 is 27.4 Å². The van der Waals surface area contributed by atoms with Crippen molar-refractivity contribution in [1.82, 2.24) is 0 Å². The van der Waals surface area contributed by atoms with Crippen LogP contribution < -0.4 is 0 Å². The molecule has 88 valence electrons. The van der Waals surface area contributed by atoms with Crippen molar-refractivity contribution in [3.05, 3.63) is 35.6 Å². The maximum absolute atomic E-state index is 13.1. The molecule has 0 amide bonds. The number of sulfone groups is 1. The van der Waals surface area contributed by atoms with Crippen LogP contribution in [0.25, 0.3) is 0 Å². The molecule has 0 unspecified atom stereocenters. The fourth-order valence-corrected chi connectivity index (χ4v) is 2.28. The highest BCUT2D eigenvalue weighted by Crippen LogP contribution is 2.08. The molecule has 0 aliphatic heterocycles. The zero-order valence-electron chi connectivity index (χ0n) is 8.39. The van der Waals surface area contributed by atoms with Crippen molar-refractivity contribution in [3.63, 3.8) is 0 Å². The van der Waals surface area contributed by atoms with Crippen LogP contribution in [-0.2, 0) is 21.1 Å². The third-order valence-corrected chi connectivity index (χ3v) is 3.50. The van der Waals surface area contributed by atoms with Crippen molar-refractivity contribution < 1.29 is 22.7 Å². The van der Waals surface area contributed by atoms with Crippen molar-refractivity contribution in [1.29, 1.82) is 0 Å². The second-order valence-electron chi connectivity index (χ2n) is 3.33. The Bertz CT molecular complexity index is 481. The first-order chi connectivity index (χ1) is 7.41. The Morgan fingerprint density at radius 2 is 1.94 bits per heavy atom. The maximum Gasteiger partial charge on any atom is 0.318 e. The normalized spacial score (nSPS) is 11.3. The van der Waals surface area contributed by atoms with Gasteiger partial charge in [0.05, 0.1) is 5.75 Å². The van der Waals surface area contributed by atoms with E-state index in [-0.39, 0.29) is 17.7 Å². The molecule has 0 aliphatic carbocycles. The van der Waals surface area contributed by atoms with Crippen LogP contribution in [0.3, 0.4) is 0 Å². The van der Waals surface area contributed by atoms with Crippen LogP contribution in [-0.4, -0.2) is 31.0 Å². The minimum Gasteiger partial charge on any atom is -0.480 e. The van der Waals surface area contributed by atoms with Gasteiger partial charge in [0.1, 0.15) is 11.6 Å². The first-order valence-electron chi connectivity index (χ1n) is 4.56. The van der Waals surface area contributed by atoms with E-state index >= 15 is 0 Å². The lowest BCUT2D eigenvalue weighted by Gasteiger charge is -2.03. The molecule has 0 fully saturated rings. The highest BCUT2D eigenvalue weighted by molar-refractivity contribution is 7.92. The molecule has 1 aromatic rings. The second-order valence-corrected chi connectivity index (χ2v) is 5.51. The smallest absolute Gasteiger partial charge is 0.318 e. The van der Waals surface area contributed by atoms with Crippen LogP contribution >= 0.6 is 0 Å². The van der Waals surface area contributed by atoms with Crippen LogP contribution in [0.4, 0.5) is 4.39 Å². The van der Waals surface area contributed by atoms with Gasteiger partial charge < -0.3 is 5.11 Å². The third kappa shape index (κ3) is 3.98. The number of aryl methyl sites for hydroxylation is 1. The van der Waals surface area contributed by atoms with Gasteiger partial charge in [0.25, 0.3) is 0 Å². The van der Waals surface area contributed by atoms with E-state index in [4.69, 9.17) is 5.11 Å². The number of hydrogen-bond donors (Lipinski definition) is 1. The monoisotopic (exact) mass is 246 g/mol. The van der Waals surface area contributed by atoms with Gasteiger partial charge in [0.15, 0.2) is 9.84 Å². The van der Waals surface area contributed by atoms with E-state index in [9.17, 15) is 17.6 Å². The topological polar surface area (TPSA) is 71.4 Å². The first-order valence-corrected chi connectivity index (χ1v) is 6.38. The van der Waals surface area contributed by atoms with Gasteiger partial charge >= 0.3 is 5.97 Å². The zero-order chi connectivity index (χ0) is 12.2. The third-order valence-electron chi connectivity index (χ3n) is 1.98. The molecule has 0 spiro atoms. The Morgan fingerprint density at radius 1 is 1.31 bits per heavy atom. The molecule has 1 N–H and O–H groups in total. The highest BCUT2D eigenvalue weighted by atomic mass is 32.2. The number of carboxylic acids is 1. The molecule has 0 bridgehead atoms.